The number of halogens is 2. The van der Waals surface area contributed by atoms with Gasteiger partial charge in [0.15, 0.2) is 0 Å². The molecular formula is C18H29BrClN3O. The average Bonchev–Trinajstić information content (AvgIpc) is 2.57. The van der Waals surface area contributed by atoms with Crippen molar-refractivity contribution in [3.63, 3.8) is 0 Å². The van der Waals surface area contributed by atoms with E-state index in [9.17, 15) is 4.79 Å². The minimum atomic E-state index is -0.388. The van der Waals surface area contributed by atoms with Crippen LogP contribution in [0.5, 0.6) is 0 Å². The van der Waals surface area contributed by atoms with E-state index in [1.54, 1.807) is 0 Å². The van der Waals surface area contributed by atoms with Gasteiger partial charge in [0.2, 0.25) is 5.91 Å². The van der Waals surface area contributed by atoms with Gasteiger partial charge < -0.3 is 11.1 Å². The third kappa shape index (κ3) is 6.36. The molecule has 0 radical (unpaired) electrons. The largest absolute Gasteiger partial charge is 0.352 e. The summed E-state index contributed by atoms with van der Waals surface area (Å²) in [7, 11) is 0. The van der Waals surface area contributed by atoms with Gasteiger partial charge in [-0.3, -0.25) is 9.69 Å². The Hall–Kier alpha value is -0.620. The minimum absolute atomic E-state index is 0. The molecule has 0 spiro atoms. The molecule has 0 aliphatic carbocycles. The quantitative estimate of drug-likeness (QED) is 0.745. The predicted octanol–water partition coefficient (Wildman–Crippen LogP) is 3.32. The number of benzene rings is 1. The highest BCUT2D eigenvalue weighted by Gasteiger charge is 2.25. The molecule has 0 bridgehead atoms. The Labute approximate surface area is 160 Å². The van der Waals surface area contributed by atoms with E-state index in [1.165, 1.54) is 5.56 Å². The van der Waals surface area contributed by atoms with Gasteiger partial charge in [0, 0.05) is 30.1 Å². The van der Waals surface area contributed by atoms with E-state index in [-0.39, 0.29) is 36.3 Å². The Balaban J connectivity index is 0.00000288. The van der Waals surface area contributed by atoms with Gasteiger partial charge in [-0.1, -0.05) is 48.3 Å². The van der Waals surface area contributed by atoms with E-state index in [4.69, 9.17) is 5.73 Å². The molecule has 1 heterocycles. The number of amides is 1. The van der Waals surface area contributed by atoms with Crippen molar-refractivity contribution in [2.75, 3.05) is 13.1 Å². The second kappa shape index (κ2) is 10.4. The van der Waals surface area contributed by atoms with E-state index >= 15 is 0 Å². The summed E-state index contributed by atoms with van der Waals surface area (Å²) >= 11 is 3.46. The summed E-state index contributed by atoms with van der Waals surface area (Å²) in [4.78, 5) is 14.6. The number of nitrogens with zero attached hydrogens (tertiary/aromatic N) is 1. The molecule has 1 aromatic carbocycles. The summed E-state index contributed by atoms with van der Waals surface area (Å²) < 4.78 is 1.11. The molecule has 1 aromatic rings. The molecule has 1 saturated heterocycles. The predicted molar refractivity (Wildman–Crippen MR) is 105 cm³/mol. The van der Waals surface area contributed by atoms with E-state index < -0.39 is 0 Å². The van der Waals surface area contributed by atoms with Crippen LogP contribution in [0.15, 0.2) is 28.7 Å². The van der Waals surface area contributed by atoms with Gasteiger partial charge in [0.25, 0.3) is 0 Å². The van der Waals surface area contributed by atoms with Crippen molar-refractivity contribution >= 4 is 34.2 Å². The van der Waals surface area contributed by atoms with E-state index in [0.29, 0.717) is 0 Å². The Morgan fingerprint density at radius 3 is 2.46 bits per heavy atom. The molecule has 0 aromatic heterocycles. The van der Waals surface area contributed by atoms with Gasteiger partial charge in [-0.15, -0.1) is 12.4 Å². The van der Waals surface area contributed by atoms with Crippen LogP contribution in [0.25, 0.3) is 0 Å². The van der Waals surface area contributed by atoms with Crippen molar-refractivity contribution in [3.8, 4) is 0 Å². The third-order valence-electron chi connectivity index (χ3n) is 4.81. The van der Waals surface area contributed by atoms with Crippen molar-refractivity contribution in [2.45, 2.75) is 51.7 Å². The fourth-order valence-electron chi connectivity index (χ4n) is 2.89. The van der Waals surface area contributed by atoms with Crippen molar-refractivity contribution in [2.24, 2.45) is 11.7 Å². The molecular weight excluding hydrogens is 390 g/mol. The first-order chi connectivity index (χ1) is 11.0. The van der Waals surface area contributed by atoms with Crippen molar-refractivity contribution in [1.82, 2.24) is 10.2 Å². The molecule has 1 amide bonds. The van der Waals surface area contributed by atoms with Crippen LogP contribution >= 0.6 is 28.3 Å². The summed E-state index contributed by atoms with van der Waals surface area (Å²) in [6.45, 7) is 7.10. The van der Waals surface area contributed by atoms with Crippen molar-refractivity contribution in [1.29, 1.82) is 0 Å². The van der Waals surface area contributed by atoms with Gasteiger partial charge in [-0.25, -0.2) is 0 Å². The molecule has 1 aliphatic rings. The Kier molecular flexibility index (Phi) is 9.27. The second-order valence-corrected chi connectivity index (χ2v) is 7.51. The van der Waals surface area contributed by atoms with Crippen LogP contribution in [0.2, 0.25) is 0 Å². The standard InChI is InChI=1S/C18H28BrN3O.ClH/c1-3-13(2)17(20)18(23)21-16-8-10-22(11-9-16)12-14-4-6-15(19)7-5-14;/h4-7,13,16-17H,3,8-12,20H2,1-2H3,(H,21,23);1H. The fraction of sp³-hybridized carbons (Fsp3) is 0.611. The molecule has 1 fully saturated rings. The molecule has 136 valence electrons. The molecule has 1 aliphatic heterocycles. The molecule has 2 rings (SSSR count). The first-order valence-electron chi connectivity index (χ1n) is 8.52. The number of hydrogen-bond donors (Lipinski definition) is 2. The lowest BCUT2D eigenvalue weighted by Crippen LogP contribution is -2.51. The van der Waals surface area contributed by atoms with Gasteiger partial charge >= 0.3 is 0 Å². The maximum atomic E-state index is 12.2. The Morgan fingerprint density at radius 2 is 1.92 bits per heavy atom. The number of nitrogens with two attached hydrogens (primary N) is 1. The Morgan fingerprint density at radius 1 is 1.33 bits per heavy atom. The van der Waals surface area contributed by atoms with Crippen LogP contribution in [0.1, 0.15) is 38.7 Å². The van der Waals surface area contributed by atoms with Crippen LogP contribution < -0.4 is 11.1 Å². The van der Waals surface area contributed by atoms with Crippen molar-refractivity contribution < 1.29 is 4.79 Å². The molecule has 2 atom stereocenters. The molecule has 2 unspecified atom stereocenters. The number of rotatable bonds is 6. The summed E-state index contributed by atoms with van der Waals surface area (Å²) in [5.41, 5.74) is 7.33. The summed E-state index contributed by atoms with van der Waals surface area (Å²) in [5, 5.41) is 3.13. The van der Waals surface area contributed by atoms with E-state index in [1.807, 2.05) is 6.92 Å². The highest BCUT2D eigenvalue weighted by atomic mass is 79.9. The first kappa shape index (κ1) is 21.4. The lowest BCUT2D eigenvalue weighted by atomic mass is 9.98. The monoisotopic (exact) mass is 417 g/mol. The van der Waals surface area contributed by atoms with Crippen LogP contribution in [0, 0.1) is 5.92 Å². The summed E-state index contributed by atoms with van der Waals surface area (Å²) in [5.74, 6) is 0.234. The highest BCUT2D eigenvalue weighted by molar-refractivity contribution is 9.10. The number of likely N-dealkylation sites (tertiary alicyclic amines) is 1. The fourth-order valence-corrected chi connectivity index (χ4v) is 3.16. The smallest absolute Gasteiger partial charge is 0.237 e. The normalized spacial score (nSPS) is 18.5. The van der Waals surface area contributed by atoms with E-state index in [0.717, 1.165) is 43.4 Å². The molecule has 6 heteroatoms. The van der Waals surface area contributed by atoms with Crippen LogP contribution in [-0.2, 0) is 11.3 Å². The summed E-state index contributed by atoms with van der Waals surface area (Å²) in [6, 6.07) is 8.35. The zero-order valence-corrected chi connectivity index (χ0v) is 16.9. The lowest BCUT2D eigenvalue weighted by Gasteiger charge is -2.33. The molecule has 4 nitrogen and oxygen atoms in total. The van der Waals surface area contributed by atoms with E-state index in [2.05, 4.69) is 57.3 Å². The maximum absolute atomic E-state index is 12.2. The topological polar surface area (TPSA) is 58.4 Å². The molecule has 0 saturated carbocycles. The number of hydrogen-bond acceptors (Lipinski definition) is 3. The first-order valence-corrected chi connectivity index (χ1v) is 9.31. The average molecular weight is 419 g/mol. The zero-order valence-electron chi connectivity index (χ0n) is 14.5. The molecule has 24 heavy (non-hydrogen) atoms. The van der Waals surface area contributed by atoms with Gasteiger partial charge in [-0.05, 0) is 36.5 Å². The Bertz CT molecular complexity index is 503. The SMILES string of the molecule is CCC(C)C(N)C(=O)NC1CCN(Cc2ccc(Br)cc2)CC1.Cl. The zero-order chi connectivity index (χ0) is 16.8. The third-order valence-corrected chi connectivity index (χ3v) is 5.34. The van der Waals surface area contributed by atoms with Crippen LogP contribution in [0.4, 0.5) is 0 Å². The lowest BCUT2D eigenvalue weighted by molar-refractivity contribution is -0.124. The number of carbonyl (C=O) groups excluding carboxylic acids is 1. The summed E-state index contributed by atoms with van der Waals surface area (Å²) in [6.07, 6.45) is 2.92. The van der Waals surface area contributed by atoms with Gasteiger partial charge in [-0.2, -0.15) is 0 Å². The minimum Gasteiger partial charge on any atom is -0.352 e. The number of piperidine rings is 1. The van der Waals surface area contributed by atoms with Gasteiger partial charge in [0.1, 0.15) is 0 Å². The van der Waals surface area contributed by atoms with Crippen LogP contribution in [0.3, 0.4) is 0 Å². The highest BCUT2D eigenvalue weighted by Crippen LogP contribution is 2.16. The number of carbonyl (C=O) groups is 1. The maximum Gasteiger partial charge on any atom is 0.237 e. The second-order valence-electron chi connectivity index (χ2n) is 6.60. The van der Waals surface area contributed by atoms with Gasteiger partial charge in [0.05, 0.1) is 6.04 Å². The van der Waals surface area contributed by atoms with Crippen molar-refractivity contribution in [3.05, 3.63) is 34.3 Å². The van der Waals surface area contributed by atoms with Crippen LogP contribution in [-0.4, -0.2) is 36.0 Å². The number of nitrogens with one attached hydrogen (secondary N) is 1. The molecule has 3 N–H and O–H groups in total.